The molecule has 19 heavy (non-hydrogen) atoms. The summed E-state index contributed by atoms with van der Waals surface area (Å²) in [6.07, 6.45) is -4.90. The third-order valence-corrected chi connectivity index (χ3v) is 2.36. The topological polar surface area (TPSA) is 76.5 Å². The van der Waals surface area contributed by atoms with Crippen molar-refractivity contribution in [1.82, 2.24) is 4.98 Å². The van der Waals surface area contributed by atoms with Crippen LogP contribution in [0.4, 0.5) is 13.2 Å². The first-order valence-corrected chi connectivity index (χ1v) is 5.09. The van der Waals surface area contributed by atoms with E-state index in [0.29, 0.717) is 11.5 Å². The number of aryl methyl sites for hydroxylation is 2. The summed E-state index contributed by atoms with van der Waals surface area (Å²) in [5, 5.41) is 8.71. The summed E-state index contributed by atoms with van der Waals surface area (Å²) in [7, 11) is 0. The van der Waals surface area contributed by atoms with Gasteiger partial charge in [0.05, 0.1) is 5.56 Å². The molecule has 8 heteroatoms. The lowest BCUT2D eigenvalue weighted by Gasteiger charge is -2.00. The molecule has 0 fully saturated rings. The number of alkyl halides is 3. The van der Waals surface area contributed by atoms with Crippen LogP contribution in [-0.4, -0.2) is 16.1 Å². The lowest BCUT2D eigenvalue weighted by Crippen LogP contribution is -2.11. The maximum Gasteiger partial charge on any atom is 0.437 e. The normalized spacial score (nSPS) is 11.8. The fourth-order valence-electron chi connectivity index (χ4n) is 1.62. The van der Waals surface area contributed by atoms with Gasteiger partial charge in [-0.25, -0.2) is 9.78 Å². The summed E-state index contributed by atoms with van der Waals surface area (Å²) < 4.78 is 47.7. The number of carboxylic acids is 1. The van der Waals surface area contributed by atoms with Gasteiger partial charge in [0.25, 0.3) is 0 Å². The maximum absolute atomic E-state index is 12.6. The molecule has 0 bridgehead atoms. The highest BCUT2D eigenvalue weighted by Gasteiger charge is 2.41. The van der Waals surface area contributed by atoms with Crippen molar-refractivity contribution in [3.8, 4) is 11.5 Å². The summed E-state index contributed by atoms with van der Waals surface area (Å²) in [4.78, 5) is 14.0. The minimum absolute atomic E-state index is 0.190. The summed E-state index contributed by atoms with van der Waals surface area (Å²) in [6.45, 7) is 3.11. The number of hydrogen-bond acceptors (Lipinski definition) is 4. The molecular formula is C11H8F3NO4. The number of nitrogens with zero attached hydrogens (tertiary/aromatic N) is 1. The predicted octanol–water partition coefficient (Wildman–Crippen LogP) is 3.27. The van der Waals surface area contributed by atoms with Gasteiger partial charge in [-0.05, 0) is 19.9 Å². The van der Waals surface area contributed by atoms with Gasteiger partial charge in [-0.1, -0.05) is 0 Å². The van der Waals surface area contributed by atoms with Crippen LogP contribution in [0.15, 0.2) is 14.9 Å². The Morgan fingerprint density at radius 2 is 1.95 bits per heavy atom. The minimum atomic E-state index is -4.90. The van der Waals surface area contributed by atoms with Crippen molar-refractivity contribution >= 4 is 5.97 Å². The third kappa shape index (κ3) is 2.33. The second-order valence-corrected chi connectivity index (χ2v) is 3.83. The van der Waals surface area contributed by atoms with Crippen molar-refractivity contribution in [2.75, 3.05) is 0 Å². The Hall–Kier alpha value is -2.25. The second kappa shape index (κ2) is 4.15. The average molecular weight is 275 g/mol. The molecule has 0 spiro atoms. The van der Waals surface area contributed by atoms with Crippen LogP contribution in [0.5, 0.6) is 0 Å². The quantitative estimate of drug-likeness (QED) is 0.910. The molecule has 0 unspecified atom stereocenters. The Bertz CT molecular complexity index is 639. The largest absolute Gasteiger partial charge is 0.475 e. The summed E-state index contributed by atoms with van der Waals surface area (Å²) >= 11 is 0. The first-order chi connectivity index (χ1) is 8.70. The second-order valence-electron chi connectivity index (χ2n) is 3.83. The van der Waals surface area contributed by atoms with Crippen molar-refractivity contribution < 1.29 is 31.9 Å². The molecule has 0 radical (unpaired) electrons. The minimum Gasteiger partial charge on any atom is -0.475 e. The standard InChI is InChI=1S/C11H8F3NO4/c1-4-3-6(5(2)18-4)9-15-8(11(12,13)14)7(19-9)10(16)17/h3H,1-2H3,(H,16,17). The van der Waals surface area contributed by atoms with Crippen molar-refractivity contribution in [3.05, 3.63) is 29.0 Å². The van der Waals surface area contributed by atoms with Crippen LogP contribution in [0, 0.1) is 13.8 Å². The van der Waals surface area contributed by atoms with E-state index < -0.39 is 29.5 Å². The molecule has 2 rings (SSSR count). The van der Waals surface area contributed by atoms with Gasteiger partial charge in [-0.15, -0.1) is 0 Å². The van der Waals surface area contributed by atoms with Crippen molar-refractivity contribution in [3.63, 3.8) is 0 Å². The van der Waals surface area contributed by atoms with E-state index in [1.165, 1.54) is 13.0 Å². The summed E-state index contributed by atoms with van der Waals surface area (Å²) in [6, 6.07) is 1.42. The van der Waals surface area contributed by atoms with E-state index in [4.69, 9.17) is 13.9 Å². The zero-order valence-corrected chi connectivity index (χ0v) is 9.83. The molecule has 1 N–H and O–H groups in total. The van der Waals surface area contributed by atoms with Crippen molar-refractivity contribution in [2.45, 2.75) is 20.0 Å². The van der Waals surface area contributed by atoms with E-state index in [1.54, 1.807) is 6.92 Å². The maximum atomic E-state index is 12.6. The van der Waals surface area contributed by atoms with Gasteiger partial charge in [0.15, 0.2) is 5.69 Å². The molecule has 2 aromatic rings. The van der Waals surface area contributed by atoms with Crippen molar-refractivity contribution in [2.24, 2.45) is 0 Å². The number of carboxylic acid groups (broad SMARTS) is 1. The van der Waals surface area contributed by atoms with Gasteiger partial charge in [0.2, 0.25) is 11.7 Å². The number of aromatic nitrogens is 1. The monoisotopic (exact) mass is 275 g/mol. The molecule has 0 saturated carbocycles. The van der Waals surface area contributed by atoms with E-state index in [9.17, 15) is 18.0 Å². The van der Waals surface area contributed by atoms with Crippen LogP contribution in [-0.2, 0) is 6.18 Å². The molecule has 0 amide bonds. The zero-order chi connectivity index (χ0) is 14.4. The van der Waals surface area contributed by atoms with E-state index in [0.717, 1.165) is 0 Å². The van der Waals surface area contributed by atoms with Crippen LogP contribution in [0.2, 0.25) is 0 Å². The molecule has 0 aromatic carbocycles. The van der Waals surface area contributed by atoms with Gasteiger partial charge >= 0.3 is 12.1 Å². The van der Waals surface area contributed by atoms with Crippen LogP contribution in [0.1, 0.15) is 27.8 Å². The number of halogens is 3. The number of hydrogen-bond donors (Lipinski definition) is 1. The SMILES string of the molecule is Cc1cc(-c2nc(C(F)(F)F)c(C(=O)O)o2)c(C)o1. The average Bonchev–Trinajstić information content (AvgIpc) is 2.80. The van der Waals surface area contributed by atoms with Crippen LogP contribution in [0.3, 0.4) is 0 Å². The molecule has 0 aliphatic rings. The van der Waals surface area contributed by atoms with Crippen molar-refractivity contribution in [1.29, 1.82) is 0 Å². The van der Waals surface area contributed by atoms with Crippen LogP contribution >= 0.6 is 0 Å². The number of oxazole rings is 1. The zero-order valence-electron chi connectivity index (χ0n) is 9.83. The highest BCUT2D eigenvalue weighted by Crippen LogP contribution is 2.35. The Labute approximate surface area is 104 Å². The predicted molar refractivity (Wildman–Crippen MR) is 55.6 cm³/mol. The van der Waals surface area contributed by atoms with Gasteiger partial charge < -0.3 is 13.9 Å². The Morgan fingerprint density at radius 3 is 2.32 bits per heavy atom. The fraction of sp³-hybridized carbons (Fsp3) is 0.273. The first-order valence-electron chi connectivity index (χ1n) is 5.09. The number of aromatic carboxylic acids is 1. The highest BCUT2D eigenvalue weighted by atomic mass is 19.4. The molecule has 102 valence electrons. The summed E-state index contributed by atoms with van der Waals surface area (Å²) in [5.74, 6) is -2.75. The smallest absolute Gasteiger partial charge is 0.437 e. The molecule has 0 saturated heterocycles. The molecule has 0 aliphatic heterocycles. The van der Waals surface area contributed by atoms with Gasteiger partial charge in [-0.3, -0.25) is 0 Å². The first kappa shape index (κ1) is 13.2. The number of carbonyl (C=O) groups is 1. The Balaban J connectivity index is 2.61. The summed E-state index contributed by atoms with van der Waals surface area (Å²) in [5.41, 5.74) is -1.37. The van der Waals surface area contributed by atoms with Gasteiger partial charge in [-0.2, -0.15) is 13.2 Å². The number of rotatable bonds is 2. The van der Waals surface area contributed by atoms with Gasteiger partial charge in [0, 0.05) is 0 Å². The fourth-order valence-corrected chi connectivity index (χ4v) is 1.62. The van der Waals surface area contributed by atoms with Gasteiger partial charge in [0.1, 0.15) is 11.5 Å². The van der Waals surface area contributed by atoms with Crippen LogP contribution < -0.4 is 0 Å². The molecule has 2 aromatic heterocycles. The van der Waals surface area contributed by atoms with Crippen LogP contribution in [0.25, 0.3) is 11.5 Å². The lowest BCUT2D eigenvalue weighted by molar-refractivity contribution is -0.141. The lowest BCUT2D eigenvalue weighted by atomic mass is 10.2. The molecule has 0 aliphatic carbocycles. The van der Waals surface area contributed by atoms with E-state index >= 15 is 0 Å². The Kier molecular flexibility index (Phi) is 2.88. The van der Waals surface area contributed by atoms with E-state index in [1.807, 2.05) is 0 Å². The molecular weight excluding hydrogens is 267 g/mol. The highest BCUT2D eigenvalue weighted by molar-refractivity contribution is 5.86. The molecule has 2 heterocycles. The Morgan fingerprint density at radius 1 is 1.32 bits per heavy atom. The van der Waals surface area contributed by atoms with E-state index in [-0.39, 0.29) is 5.56 Å². The number of furan rings is 1. The molecule has 5 nitrogen and oxygen atoms in total. The molecule has 0 atom stereocenters. The third-order valence-electron chi connectivity index (χ3n) is 2.36. The van der Waals surface area contributed by atoms with E-state index in [2.05, 4.69) is 4.98 Å².